The summed E-state index contributed by atoms with van der Waals surface area (Å²) in [5.41, 5.74) is 2.81. The van der Waals surface area contributed by atoms with Crippen LogP contribution in [0.1, 0.15) is 148 Å². The molecule has 58 heavy (non-hydrogen) atoms. The van der Waals surface area contributed by atoms with Crippen molar-refractivity contribution in [2.45, 2.75) is 154 Å². The molecule has 4 rings (SSSR count). The molecule has 0 aliphatic carbocycles. The predicted molar refractivity (Wildman–Crippen MR) is 241 cm³/mol. The van der Waals surface area contributed by atoms with Crippen LogP contribution in [-0.2, 0) is 20.8 Å². The molecule has 0 bridgehead atoms. The van der Waals surface area contributed by atoms with E-state index < -0.39 is 11.3 Å². The fourth-order valence-corrected chi connectivity index (χ4v) is 8.85. The summed E-state index contributed by atoms with van der Waals surface area (Å²) in [6, 6.07) is 16.7. The third-order valence-corrected chi connectivity index (χ3v) is 12.8. The average Bonchev–Trinajstić information content (AvgIpc) is 3.87. The van der Waals surface area contributed by atoms with Gasteiger partial charge < -0.3 is 9.72 Å². The Hall–Kier alpha value is -3.46. The number of thioether (sulfide) groups is 1. The molecule has 2 heterocycles. The number of carbonyl (C=O) groups is 1. The number of aryl methyl sites for hydroxylation is 1. The molecule has 0 spiro atoms. The first-order valence-electron chi connectivity index (χ1n) is 21.5. The quantitative estimate of drug-likeness (QED) is 0.0167. The van der Waals surface area contributed by atoms with Crippen molar-refractivity contribution < 1.29 is 18.3 Å². The van der Waals surface area contributed by atoms with Crippen molar-refractivity contribution in [3.05, 3.63) is 60.2 Å². The van der Waals surface area contributed by atoms with Crippen LogP contribution in [-0.4, -0.2) is 47.3 Å². The lowest BCUT2D eigenvalue weighted by atomic mass is 9.94. The molecular formula is C44H65N7O4S3. The minimum absolute atomic E-state index is 0.132. The second-order valence-electron chi connectivity index (χ2n) is 15.1. The van der Waals surface area contributed by atoms with Gasteiger partial charge in [-0.15, -0.1) is 20.4 Å². The lowest BCUT2D eigenvalue weighted by molar-refractivity contribution is -0.141. The Balaban J connectivity index is 1.28. The molecule has 0 aliphatic rings. The second-order valence-corrected chi connectivity index (χ2v) is 18.1. The fourth-order valence-electron chi connectivity index (χ4n) is 6.86. The fraction of sp³-hybridized carbons (Fsp3) is 0.591. The van der Waals surface area contributed by atoms with E-state index in [2.05, 4.69) is 44.2 Å². The number of nitrogens with zero attached hydrogens (tertiary/aromatic N) is 6. The van der Waals surface area contributed by atoms with E-state index in [1.807, 2.05) is 49.4 Å². The van der Waals surface area contributed by atoms with Crippen LogP contribution in [0.25, 0.3) is 11.3 Å². The molecule has 14 heteroatoms. The maximum absolute atomic E-state index is 12.9. The molecule has 0 radical (unpaired) electrons. The lowest BCUT2D eigenvalue weighted by Gasteiger charge is -2.17. The van der Waals surface area contributed by atoms with E-state index in [0.717, 1.165) is 24.0 Å². The number of benzene rings is 2. The molecule has 2 aromatic heterocycles. The highest BCUT2D eigenvalue weighted by atomic mass is 32.2. The molecule has 0 amide bonds. The molecule has 0 fully saturated rings. The van der Waals surface area contributed by atoms with Crippen LogP contribution in [0.4, 0.5) is 22.6 Å². The molecular weight excluding hydrogens is 787 g/mol. The Morgan fingerprint density at radius 3 is 1.95 bits per heavy atom. The number of aromatic amines is 1. The number of anilines is 2. The zero-order chi connectivity index (χ0) is 41.2. The summed E-state index contributed by atoms with van der Waals surface area (Å²) in [5, 5.41) is 17.3. The van der Waals surface area contributed by atoms with Crippen LogP contribution >= 0.6 is 23.1 Å². The summed E-state index contributed by atoms with van der Waals surface area (Å²) in [5.74, 6) is 0.650. The molecule has 0 aliphatic heterocycles. The topological polar surface area (TPSA) is 146 Å². The van der Waals surface area contributed by atoms with Crippen molar-refractivity contribution in [3.8, 4) is 11.3 Å². The van der Waals surface area contributed by atoms with Crippen LogP contribution in [0.15, 0.2) is 69.2 Å². The normalized spacial score (nSPS) is 12.6. The number of aromatic nitrogens is 4. The molecule has 11 nitrogen and oxygen atoms in total. The standard InChI is InChI=1S/C44H65N7O4S3/c1-4-6-8-10-12-14-15-17-19-22-26-36(25-21-18-16-13-11-9-7-5-2)33-55-39(52)34-56-44-50-49-43(57-44)48-47-41-40(37-27-23-20-24-28-37)45-42(46-41)51(58(53)54)38-31-29-35(3)30-32-38/h20,23-24,27-32,36H,4-19,21-22,25-26,33-34H2,1-3H3,(H,45,46)(H,53,54). The van der Waals surface area contributed by atoms with Gasteiger partial charge in [-0.25, -0.2) is 8.51 Å². The number of H-pyrrole nitrogens is 1. The van der Waals surface area contributed by atoms with Crippen LogP contribution in [0.3, 0.4) is 0 Å². The Morgan fingerprint density at radius 1 is 0.810 bits per heavy atom. The van der Waals surface area contributed by atoms with E-state index in [4.69, 9.17) is 4.74 Å². The number of imidazole rings is 1. The first kappa shape index (κ1) is 47.2. The van der Waals surface area contributed by atoms with E-state index in [1.54, 1.807) is 12.1 Å². The number of hydrogen-bond acceptors (Lipinski definition) is 10. The number of rotatable bonds is 31. The summed E-state index contributed by atoms with van der Waals surface area (Å²) in [6.45, 7) is 6.95. The first-order chi connectivity index (χ1) is 28.4. The van der Waals surface area contributed by atoms with Crippen molar-refractivity contribution in [2.24, 2.45) is 16.1 Å². The zero-order valence-electron chi connectivity index (χ0n) is 34.9. The molecule has 2 unspecified atom stereocenters. The van der Waals surface area contributed by atoms with Gasteiger partial charge in [0.05, 0.1) is 23.7 Å². The number of nitrogens with one attached hydrogen (secondary N) is 1. The molecule has 2 N–H and O–H groups in total. The summed E-state index contributed by atoms with van der Waals surface area (Å²) in [7, 11) is 0. The van der Waals surface area contributed by atoms with Gasteiger partial charge in [-0.3, -0.25) is 9.35 Å². The van der Waals surface area contributed by atoms with E-state index >= 15 is 0 Å². The van der Waals surface area contributed by atoms with Crippen molar-refractivity contribution in [1.82, 2.24) is 20.2 Å². The Bertz CT molecular complexity index is 1770. The summed E-state index contributed by atoms with van der Waals surface area (Å²) in [4.78, 5) is 20.6. The van der Waals surface area contributed by atoms with E-state index in [1.165, 1.54) is 143 Å². The van der Waals surface area contributed by atoms with E-state index in [-0.39, 0.29) is 23.5 Å². The molecule has 0 saturated carbocycles. The SMILES string of the molecule is CCCCCCCCCCCCC(CCCCCCCCCC)COC(=O)CSc1nnc(N=Nc2nc(N(c3ccc(C)cc3)S(=O)O)[nH]c2-c2ccccc2)s1. The maximum Gasteiger partial charge on any atom is 0.316 e. The van der Waals surface area contributed by atoms with Gasteiger partial charge in [-0.05, 0) is 37.8 Å². The number of hydrogen-bond donors (Lipinski definition) is 2. The van der Waals surface area contributed by atoms with Gasteiger partial charge in [-0.2, -0.15) is 4.98 Å². The molecule has 4 aromatic rings. The Morgan fingerprint density at radius 2 is 1.38 bits per heavy atom. The average molecular weight is 852 g/mol. The number of azo groups is 1. The summed E-state index contributed by atoms with van der Waals surface area (Å²) < 4.78 is 30.3. The zero-order valence-corrected chi connectivity index (χ0v) is 37.4. The van der Waals surface area contributed by atoms with Crippen LogP contribution < -0.4 is 4.31 Å². The largest absolute Gasteiger partial charge is 0.465 e. The Kier molecular flexibility index (Phi) is 22.9. The number of ether oxygens (including phenoxy) is 1. The van der Waals surface area contributed by atoms with Crippen LogP contribution in [0.5, 0.6) is 0 Å². The van der Waals surface area contributed by atoms with Gasteiger partial charge in [0.15, 0.2) is 4.34 Å². The number of carbonyl (C=O) groups excluding carboxylic acids is 1. The third-order valence-electron chi connectivity index (χ3n) is 10.2. The van der Waals surface area contributed by atoms with Gasteiger partial charge >= 0.3 is 5.97 Å². The summed E-state index contributed by atoms with van der Waals surface area (Å²) >= 11 is 0.0823. The Labute approximate surface area is 357 Å². The van der Waals surface area contributed by atoms with Crippen molar-refractivity contribution >= 4 is 62.9 Å². The van der Waals surface area contributed by atoms with Crippen molar-refractivity contribution in [2.75, 3.05) is 16.7 Å². The summed E-state index contributed by atoms with van der Waals surface area (Å²) in [6.07, 6.45) is 25.8. The number of esters is 1. The molecule has 0 saturated heterocycles. The minimum Gasteiger partial charge on any atom is -0.465 e. The highest BCUT2D eigenvalue weighted by molar-refractivity contribution is 8.01. The third kappa shape index (κ3) is 17.8. The van der Waals surface area contributed by atoms with Gasteiger partial charge in [-0.1, -0.05) is 201 Å². The lowest BCUT2D eigenvalue weighted by Crippen LogP contribution is -2.20. The van der Waals surface area contributed by atoms with Crippen LogP contribution in [0.2, 0.25) is 0 Å². The monoisotopic (exact) mass is 851 g/mol. The first-order valence-corrected chi connectivity index (χ1v) is 24.4. The molecule has 2 atom stereocenters. The van der Waals surface area contributed by atoms with Gasteiger partial charge in [0.2, 0.25) is 11.8 Å². The molecule has 318 valence electrons. The van der Waals surface area contributed by atoms with Gasteiger partial charge in [0.1, 0.15) is 0 Å². The second kappa shape index (κ2) is 28.1. The highest BCUT2D eigenvalue weighted by Crippen LogP contribution is 2.36. The van der Waals surface area contributed by atoms with Gasteiger partial charge in [0, 0.05) is 5.56 Å². The smallest absolute Gasteiger partial charge is 0.316 e. The predicted octanol–water partition coefficient (Wildman–Crippen LogP) is 14.0. The maximum atomic E-state index is 12.9. The molecule has 2 aromatic carbocycles. The van der Waals surface area contributed by atoms with Crippen LogP contribution in [0, 0.1) is 12.8 Å². The number of unbranched alkanes of at least 4 members (excludes halogenated alkanes) is 16. The van der Waals surface area contributed by atoms with E-state index in [0.29, 0.717) is 33.4 Å². The highest BCUT2D eigenvalue weighted by Gasteiger charge is 2.23. The van der Waals surface area contributed by atoms with Crippen molar-refractivity contribution in [1.29, 1.82) is 0 Å². The van der Waals surface area contributed by atoms with E-state index in [9.17, 15) is 13.6 Å². The minimum atomic E-state index is -2.41. The van der Waals surface area contributed by atoms with Crippen molar-refractivity contribution in [3.63, 3.8) is 0 Å². The van der Waals surface area contributed by atoms with Gasteiger partial charge in [0.25, 0.3) is 16.4 Å².